The van der Waals surface area contributed by atoms with Crippen LogP contribution in [0.5, 0.6) is 5.75 Å². The maximum Gasteiger partial charge on any atom is 0.193 e. The third-order valence-electron chi connectivity index (χ3n) is 6.01. The largest absolute Gasteiger partial charge is 0.490 e. The van der Waals surface area contributed by atoms with Crippen LogP contribution in [-0.4, -0.2) is 29.2 Å². The summed E-state index contributed by atoms with van der Waals surface area (Å²) in [5.41, 5.74) is 1.08. The van der Waals surface area contributed by atoms with E-state index in [1.807, 2.05) is 54.0 Å². The molecule has 6 nitrogen and oxygen atoms in total. The van der Waals surface area contributed by atoms with Gasteiger partial charge in [-0.15, -0.1) is 11.3 Å². The Morgan fingerprint density at radius 1 is 1.03 bits per heavy atom. The van der Waals surface area contributed by atoms with E-state index in [0.29, 0.717) is 28.2 Å². The zero-order valence-electron chi connectivity index (χ0n) is 17.8. The standard InChI is InChI=1S/C26H21N3O3S/c30-22-15-24(21-14-25-17(16-28-21)8-12-33-25)32-23-5-4-19(13-20(22)23)31-18-6-10-29(11-7-18)26-3-1-2-9-27-26/h1-5,8-9,12-16,18H,6-7,10-11H2. The summed E-state index contributed by atoms with van der Waals surface area (Å²) in [5.74, 6) is 2.16. The number of pyridine rings is 2. The molecule has 6 rings (SSSR count). The molecular formula is C26H21N3O3S. The highest BCUT2D eigenvalue weighted by Gasteiger charge is 2.21. The summed E-state index contributed by atoms with van der Waals surface area (Å²) in [6.45, 7) is 1.78. The molecule has 0 amide bonds. The number of fused-ring (bicyclic) bond motifs is 2. The molecule has 5 aromatic rings. The minimum absolute atomic E-state index is 0.102. The lowest BCUT2D eigenvalue weighted by molar-refractivity contribution is 0.171. The first kappa shape index (κ1) is 19.9. The number of hydrogen-bond donors (Lipinski definition) is 0. The van der Waals surface area contributed by atoms with Gasteiger partial charge in [-0.3, -0.25) is 9.78 Å². The van der Waals surface area contributed by atoms with Gasteiger partial charge in [0, 0.05) is 54.5 Å². The summed E-state index contributed by atoms with van der Waals surface area (Å²) in [5, 5.41) is 3.62. The van der Waals surface area contributed by atoms with Gasteiger partial charge in [0.1, 0.15) is 28.9 Å². The first-order valence-electron chi connectivity index (χ1n) is 11.0. The quantitative estimate of drug-likeness (QED) is 0.356. The summed E-state index contributed by atoms with van der Waals surface area (Å²) < 4.78 is 13.4. The average Bonchev–Trinajstić information content (AvgIpc) is 3.33. The van der Waals surface area contributed by atoms with Crippen molar-refractivity contribution < 1.29 is 9.15 Å². The lowest BCUT2D eigenvalue weighted by atomic mass is 10.1. The fourth-order valence-electron chi connectivity index (χ4n) is 4.26. The van der Waals surface area contributed by atoms with E-state index in [1.165, 1.54) is 6.07 Å². The Kier molecular flexibility index (Phi) is 5.03. The molecule has 1 saturated heterocycles. The van der Waals surface area contributed by atoms with E-state index in [9.17, 15) is 4.79 Å². The molecule has 4 aromatic heterocycles. The van der Waals surface area contributed by atoms with Crippen LogP contribution in [0.15, 0.2) is 81.6 Å². The second-order valence-electron chi connectivity index (χ2n) is 8.15. The van der Waals surface area contributed by atoms with E-state index < -0.39 is 0 Å². The van der Waals surface area contributed by atoms with Gasteiger partial charge in [0.05, 0.1) is 5.39 Å². The number of thiophene rings is 1. The Hall–Kier alpha value is -3.71. The maximum atomic E-state index is 12.9. The number of piperidine rings is 1. The van der Waals surface area contributed by atoms with Crippen LogP contribution in [0.4, 0.5) is 5.82 Å². The van der Waals surface area contributed by atoms with Crippen molar-refractivity contribution in [3.05, 3.63) is 82.6 Å². The molecule has 7 heteroatoms. The SMILES string of the molecule is O=c1cc(-c2cc3sccc3cn2)oc2ccc(OC3CCN(c4ccccn4)CC3)cc12. The molecule has 0 N–H and O–H groups in total. The minimum atomic E-state index is -0.102. The zero-order valence-corrected chi connectivity index (χ0v) is 18.6. The fraction of sp³-hybridized carbons (Fsp3) is 0.192. The molecular weight excluding hydrogens is 434 g/mol. The van der Waals surface area contributed by atoms with Gasteiger partial charge in [0.2, 0.25) is 0 Å². The number of anilines is 1. The summed E-state index contributed by atoms with van der Waals surface area (Å²) in [6.07, 6.45) is 5.54. The lowest BCUT2D eigenvalue weighted by Gasteiger charge is -2.32. The zero-order chi connectivity index (χ0) is 22.2. The Labute approximate surface area is 194 Å². The van der Waals surface area contributed by atoms with E-state index in [0.717, 1.165) is 41.8 Å². The van der Waals surface area contributed by atoms with Crippen molar-refractivity contribution in [2.24, 2.45) is 0 Å². The first-order chi connectivity index (χ1) is 16.2. The van der Waals surface area contributed by atoms with Crippen LogP contribution in [0.2, 0.25) is 0 Å². The van der Waals surface area contributed by atoms with Crippen LogP contribution in [0.1, 0.15) is 12.8 Å². The van der Waals surface area contributed by atoms with Crippen molar-refractivity contribution in [1.82, 2.24) is 9.97 Å². The van der Waals surface area contributed by atoms with E-state index in [4.69, 9.17) is 9.15 Å². The fourth-order valence-corrected chi connectivity index (χ4v) is 5.06. The molecule has 0 atom stereocenters. The number of hydrogen-bond acceptors (Lipinski definition) is 7. The van der Waals surface area contributed by atoms with Crippen LogP contribution in [-0.2, 0) is 0 Å². The highest BCUT2D eigenvalue weighted by atomic mass is 32.1. The molecule has 0 bridgehead atoms. The van der Waals surface area contributed by atoms with Crippen LogP contribution in [0.25, 0.3) is 32.5 Å². The van der Waals surface area contributed by atoms with Crippen molar-refractivity contribution in [1.29, 1.82) is 0 Å². The predicted molar refractivity (Wildman–Crippen MR) is 131 cm³/mol. The highest BCUT2D eigenvalue weighted by molar-refractivity contribution is 7.17. The van der Waals surface area contributed by atoms with E-state index in [1.54, 1.807) is 23.6 Å². The van der Waals surface area contributed by atoms with E-state index in [2.05, 4.69) is 14.9 Å². The molecule has 0 spiro atoms. The van der Waals surface area contributed by atoms with Crippen molar-refractivity contribution in [2.45, 2.75) is 18.9 Å². The summed E-state index contributed by atoms with van der Waals surface area (Å²) in [7, 11) is 0. The number of rotatable bonds is 4. The summed E-state index contributed by atoms with van der Waals surface area (Å²) >= 11 is 1.64. The van der Waals surface area contributed by atoms with Crippen LogP contribution >= 0.6 is 11.3 Å². The Balaban J connectivity index is 1.20. The Morgan fingerprint density at radius 2 is 1.94 bits per heavy atom. The molecule has 33 heavy (non-hydrogen) atoms. The van der Waals surface area contributed by atoms with Gasteiger partial charge in [0.15, 0.2) is 11.2 Å². The molecule has 1 aliphatic heterocycles. The normalized spacial score (nSPS) is 14.7. The van der Waals surface area contributed by atoms with Crippen molar-refractivity contribution in [3.8, 4) is 17.2 Å². The molecule has 5 heterocycles. The van der Waals surface area contributed by atoms with E-state index in [-0.39, 0.29) is 11.5 Å². The molecule has 164 valence electrons. The monoisotopic (exact) mass is 455 g/mol. The highest BCUT2D eigenvalue weighted by Crippen LogP contribution is 2.29. The first-order valence-corrected chi connectivity index (χ1v) is 11.8. The number of aromatic nitrogens is 2. The Bertz CT molecular complexity index is 1490. The average molecular weight is 456 g/mol. The number of ether oxygens (including phenoxy) is 1. The van der Waals surface area contributed by atoms with Gasteiger partial charge in [-0.25, -0.2) is 4.98 Å². The van der Waals surface area contributed by atoms with Gasteiger partial charge in [0.25, 0.3) is 0 Å². The van der Waals surface area contributed by atoms with E-state index >= 15 is 0 Å². The lowest BCUT2D eigenvalue weighted by Crippen LogP contribution is -2.38. The molecule has 1 aromatic carbocycles. The molecule has 0 radical (unpaired) electrons. The van der Waals surface area contributed by atoms with Gasteiger partial charge in [-0.2, -0.15) is 0 Å². The number of benzene rings is 1. The summed E-state index contributed by atoms with van der Waals surface area (Å²) in [4.78, 5) is 24.0. The maximum absolute atomic E-state index is 12.9. The van der Waals surface area contributed by atoms with Crippen LogP contribution in [0.3, 0.4) is 0 Å². The molecule has 1 fully saturated rings. The second kappa shape index (κ2) is 8.33. The minimum Gasteiger partial charge on any atom is -0.490 e. The third kappa shape index (κ3) is 3.96. The van der Waals surface area contributed by atoms with Crippen LogP contribution < -0.4 is 15.1 Å². The van der Waals surface area contributed by atoms with Gasteiger partial charge >= 0.3 is 0 Å². The topological polar surface area (TPSA) is 68.5 Å². The van der Waals surface area contributed by atoms with Crippen molar-refractivity contribution >= 4 is 38.2 Å². The molecule has 1 aliphatic rings. The predicted octanol–water partition coefficient (Wildman–Crippen LogP) is 5.51. The molecule has 0 saturated carbocycles. The smallest absolute Gasteiger partial charge is 0.193 e. The Morgan fingerprint density at radius 3 is 2.79 bits per heavy atom. The molecule has 0 aliphatic carbocycles. The van der Waals surface area contributed by atoms with Crippen molar-refractivity contribution in [2.75, 3.05) is 18.0 Å². The summed E-state index contributed by atoms with van der Waals surface area (Å²) in [6, 6.07) is 16.9. The molecule has 0 unspecified atom stereocenters. The van der Waals surface area contributed by atoms with Gasteiger partial charge in [-0.05, 0) is 47.8 Å². The van der Waals surface area contributed by atoms with Gasteiger partial charge < -0.3 is 14.1 Å². The van der Waals surface area contributed by atoms with Gasteiger partial charge in [-0.1, -0.05) is 6.07 Å². The second-order valence-corrected chi connectivity index (χ2v) is 9.10. The third-order valence-corrected chi connectivity index (χ3v) is 6.89. The van der Waals surface area contributed by atoms with Crippen LogP contribution in [0, 0.1) is 0 Å². The van der Waals surface area contributed by atoms with Crippen molar-refractivity contribution in [3.63, 3.8) is 0 Å². The number of nitrogens with zero attached hydrogens (tertiary/aromatic N) is 3.